The van der Waals surface area contributed by atoms with Gasteiger partial charge in [0.1, 0.15) is 22.3 Å². The fourth-order valence-corrected chi connectivity index (χ4v) is 9.26. The third-order valence-electron chi connectivity index (χ3n) is 12.3. The van der Waals surface area contributed by atoms with Crippen LogP contribution in [-0.2, 0) is 0 Å². The first-order valence-corrected chi connectivity index (χ1v) is 21.1. The van der Waals surface area contributed by atoms with E-state index in [0.717, 1.165) is 82.9 Å². The first kappa shape index (κ1) is 35.2. The zero-order valence-electron chi connectivity index (χ0n) is 33.7. The number of nitrogens with zero attached hydrogens (tertiary/aromatic N) is 4. The van der Waals surface area contributed by atoms with Crippen molar-refractivity contribution in [3.8, 4) is 62.1 Å². The van der Waals surface area contributed by atoms with Gasteiger partial charge in [0.15, 0.2) is 17.5 Å². The first-order chi connectivity index (χ1) is 31.2. The van der Waals surface area contributed by atoms with Gasteiger partial charge in [0.2, 0.25) is 0 Å². The summed E-state index contributed by atoms with van der Waals surface area (Å²) in [6.07, 6.45) is 0. The summed E-state index contributed by atoms with van der Waals surface area (Å²) in [5.41, 5.74) is 13.9. The molecule has 0 N–H and O–H groups in total. The molecular formula is C57H34N4O2. The van der Waals surface area contributed by atoms with Crippen LogP contribution in [0.1, 0.15) is 0 Å². The molecule has 0 bridgehead atoms. The van der Waals surface area contributed by atoms with Crippen LogP contribution in [0.4, 0.5) is 0 Å². The van der Waals surface area contributed by atoms with E-state index in [9.17, 15) is 0 Å². The molecule has 0 fully saturated rings. The van der Waals surface area contributed by atoms with E-state index >= 15 is 0 Å². The van der Waals surface area contributed by atoms with Crippen LogP contribution in [0.3, 0.4) is 0 Å². The topological polar surface area (TPSA) is 69.9 Å². The number of hydrogen-bond acceptors (Lipinski definition) is 5. The molecule has 4 aromatic heterocycles. The summed E-state index contributed by atoms with van der Waals surface area (Å²) in [4.78, 5) is 15.3. The molecule has 0 aliphatic heterocycles. The van der Waals surface area contributed by atoms with Gasteiger partial charge < -0.3 is 13.4 Å². The van der Waals surface area contributed by atoms with E-state index in [4.69, 9.17) is 23.8 Å². The molecule has 9 aromatic carbocycles. The number of para-hydroxylation sites is 2. The van der Waals surface area contributed by atoms with E-state index in [1.807, 2.05) is 72.8 Å². The van der Waals surface area contributed by atoms with E-state index in [1.165, 1.54) is 27.4 Å². The second-order valence-corrected chi connectivity index (χ2v) is 16.0. The van der Waals surface area contributed by atoms with Crippen LogP contribution in [0.15, 0.2) is 215 Å². The smallest absolute Gasteiger partial charge is 0.164 e. The van der Waals surface area contributed by atoms with Crippen molar-refractivity contribution >= 4 is 65.7 Å². The van der Waals surface area contributed by atoms with Crippen LogP contribution in [0.25, 0.3) is 128 Å². The number of hydrogen-bond donors (Lipinski definition) is 0. The van der Waals surface area contributed by atoms with Gasteiger partial charge in [0.05, 0.1) is 11.0 Å². The van der Waals surface area contributed by atoms with Gasteiger partial charge in [0, 0.05) is 54.7 Å². The van der Waals surface area contributed by atoms with Gasteiger partial charge in [-0.15, -0.1) is 0 Å². The van der Waals surface area contributed by atoms with Crippen LogP contribution in [0.2, 0.25) is 0 Å². The maximum atomic E-state index is 6.59. The highest BCUT2D eigenvalue weighted by Gasteiger charge is 2.20. The molecule has 294 valence electrons. The van der Waals surface area contributed by atoms with Gasteiger partial charge >= 0.3 is 0 Å². The second kappa shape index (κ2) is 14.0. The summed E-state index contributed by atoms with van der Waals surface area (Å²) in [5.74, 6) is 1.76. The van der Waals surface area contributed by atoms with Gasteiger partial charge in [-0.3, -0.25) is 0 Å². The summed E-state index contributed by atoms with van der Waals surface area (Å²) < 4.78 is 15.2. The minimum atomic E-state index is 0.578. The molecule has 6 nitrogen and oxygen atoms in total. The zero-order valence-corrected chi connectivity index (χ0v) is 33.7. The summed E-state index contributed by atoms with van der Waals surface area (Å²) in [5, 5.41) is 6.45. The van der Waals surface area contributed by atoms with Crippen LogP contribution < -0.4 is 0 Å². The van der Waals surface area contributed by atoms with Crippen molar-refractivity contribution in [3.63, 3.8) is 0 Å². The molecule has 13 rings (SSSR count). The Morgan fingerprint density at radius 1 is 0.302 bits per heavy atom. The molecule has 0 atom stereocenters. The average Bonchev–Trinajstić information content (AvgIpc) is 4.03. The molecule has 63 heavy (non-hydrogen) atoms. The largest absolute Gasteiger partial charge is 0.456 e. The Morgan fingerprint density at radius 2 is 0.889 bits per heavy atom. The van der Waals surface area contributed by atoms with Gasteiger partial charge in [0.25, 0.3) is 0 Å². The SMILES string of the molecule is c1ccc(-c2ccc3c(c2)c2ccc(-c4ccc5c(c4)oc4ccc(-c6nc(-c7ccccc7)nc(-c7cccc8oc9ccccc9c78)n6)cc45)cc2n3-c2ccccc2)cc1. The minimum Gasteiger partial charge on any atom is -0.456 e. The maximum absolute atomic E-state index is 6.59. The molecule has 13 aromatic rings. The Balaban J connectivity index is 0.930. The Bertz CT molecular complexity index is 3900. The Hall–Kier alpha value is -8.61. The van der Waals surface area contributed by atoms with Crippen LogP contribution in [0, 0.1) is 0 Å². The monoisotopic (exact) mass is 806 g/mol. The zero-order chi connectivity index (χ0) is 41.4. The lowest BCUT2D eigenvalue weighted by Gasteiger charge is -2.09. The van der Waals surface area contributed by atoms with E-state index in [-0.39, 0.29) is 0 Å². The molecule has 4 heterocycles. The van der Waals surface area contributed by atoms with Crippen LogP contribution in [0.5, 0.6) is 0 Å². The van der Waals surface area contributed by atoms with Crippen molar-refractivity contribution in [1.82, 2.24) is 19.5 Å². The highest BCUT2D eigenvalue weighted by Crippen LogP contribution is 2.40. The Labute approximate surface area is 361 Å². The predicted octanol–water partition coefficient (Wildman–Crippen LogP) is 15.1. The molecule has 6 heteroatoms. The van der Waals surface area contributed by atoms with Crippen molar-refractivity contribution < 1.29 is 8.83 Å². The molecule has 0 saturated carbocycles. The average molecular weight is 807 g/mol. The van der Waals surface area contributed by atoms with Crippen LogP contribution >= 0.6 is 0 Å². The lowest BCUT2D eigenvalue weighted by atomic mass is 10.00. The third kappa shape index (κ3) is 5.76. The summed E-state index contributed by atoms with van der Waals surface area (Å²) in [7, 11) is 0. The van der Waals surface area contributed by atoms with Crippen molar-refractivity contribution in [1.29, 1.82) is 0 Å². The van der Waals surface area contributed by atoms with E-state index in [1.54, 1.807) is 0 Å². The normalized spacial score (nSPS) is 11.8. The molecule has 0 radical (unpaired) electrons. The van der Waals surface area contributed by atoms with Crippen molar-refractivity contribution in [3.05, 3.63) is 206 Å². The third-order valence-corrected chi connectivity index (χ3v) is 12.3. The van der Waals surface area contributed by atoms with Gasteiger partial charge in [-0.2, -0.15) is 0 Å². The van der Waals surface area contributed by atoms with E-state index in [2.05, 4.69) is 138 Å². The molecular weight excluding hydrogens is 773 g/mol. The van der Waals surface area contributed by atoms with Crippen LogP contribution in [-0.4, -0.2) is 19.5 Å². The fraction of sp³-hybridized carbons (Fsp3) is 0. The van der Waals surface area contributed by atoms with Gasteiger partial charge in [-0.05, 0) is 95.1 Å². The number of rotatable bonds is 6. The molecule has 0 spiro atoms. The van der Waals surface area contributed by atoms with Crippen molar-refractivity contribution in [2.75, 3.05) is 0 Å². The van der Waals surface area contributed by atoms with E-state index in [0.29, 0.717) is 17.5 Å². The fourth-order valence-electron chi connectivity index (χ4n) is 9.26. The standard InChI is InChI=1S/C57H34N4O2/c1-4-13-35(14-5-1)37-25-29-48-46(31-37)42-27-23-38(33-49(42)61(48)41-17-8-3-9-18-41)39-24-28-43-47-32-40(26-30-51(47)63-53(43)34-39)56-58-55(36-15-6-2-7-16-36)59-57(60-56)45-20-12-22-52-54(45)44-19-10-11-21-50(44)62-52/h1-34H. The number of benzene rings is 9. The van der Waals surface area contributed by atoms with Gasteiger partial charge in [-0.25, -0.2) is 15.0 Å². The molecule has 0 saturated heterocycles. The second-order valence-electron chi connectivity index (χ2n) is 16.0. The lowest BCUT2D eigenvalue weighted by Crippen LogP contribution is -2.00. The van der Waals surface area contributed by atoms with Gasteiger partial charge in [-0.1, -0.05) is 133 Å². The highest BCUT2D eigenvalue weighted by atomic mass is 16.3. The summed E-state index contributed by atoms with van der Waals surface area (Å²) in [6, 6.07) is 71.7. The summed E-state index contributed by atoms with van der Waals surface area (Å²) in [6.45, 7) is 0. The first-order valence-electron chi connectivity index (χ1n) is 21.1. The number of fused-ring (bicyclic) bond motifs is 9. The maximum Gasteiger partial charge on any atom is 0.164 e. The molecule has 0 aliphatic carbocycles. The summed E-state index contributed by atoms with van der Waals surface area (Å²) >= 11 is 0. The number of furan rings is 2. The molecule has 0 amide bonds. The quantitative estimate of drug-likeness (QED) is 0.167. The van der Waals surface area contributed by atoms with Crippen molar-refractivity contribution in [2.24, 2.45) is 0 Å². The minimum absolute atomic E-state index is 0.578. The van der Waals surface area contributed by atoms with Crippen molar-refractivity contribution in [2.45, 2.75) is 0 Å². The Morgan fingerprint density at radius 3 is 1.71 bits per heavy atom. The lowest BCUT2D eigenvalue weighted by molar-refractivity contribution is 0.668. The molecule has 0 unspecified atom stereocenters. The Kier molecular flexibility index (Phi) is 7.80. The van der Waals surface area contributed by atoms with E-state index < -0.39 is 0 Å². The number of aromatic nitrogens is 4. The highest BCUT2D eigenvalue weighted by molar-refractivity contribution is 6.13. The molecule has 0 aliphatic rings. The predicted molar refractivity (Wildman–Crippen MR) is 256 cm³/mol.